The normalized spacial score (nSPS) is 18.3. The van der Waals surface area contributed by atoms with Crippen molar-refractivity contribution >= 4 is 33.0 Å². The monoisotopic (exact) mass is 594 g/mol. The molecule has 1 fully saturated rings. The van der Waals surface area contributed by atoms with Crippen molar-refractivity contribution in [2.24, 2.45) is 0 Å². The molecule has 4 rings (SSSR count). The predicted octanol–water partition coefficient (Wildman–Crippen LogP) is 5.27. The Hall–Kier alpha value is -3.43. The molecular formula is C29H34F4N4O3S. The molecule has 0 amide bonds. The first-order valence-corrected chi connectivity index (χ1v) is 14.3. The lowest BCUT2D eigenvalue weighted by Crippen LogP contribution is -2.54. The molecule has 0 radical (unpaired) electrons. The van der Waals surface area contributed by atoms with Gasteiger partial charge in [-0.1, -0.05) is 12.0 Å². The summed E-state index contributed by atoms with van der Waals surface area (Å²) < 4.78 is 84.6. The summed E-state index contributed by atoms with van der Waals surface area (Å²) in [6.45, 7) is 5.95. The van der Waals surface area contributed by atoms with E-state index >= 15 is 4.39 Å². The first kappa shape index (κ1) is 30.5. The van der Waals surface area contributed by atoms with Crippen LogP contribution in [0, 0.1) is 11.8 Å². The van der Waals surface area contributed by atoms with Crippen LogP contribution in [-0.2, 0) is 17.2 Å². The molecule has 0 spiro atoms. The lowest BCUT2D eigenvalue weighted by atomic mass is 9.96. The zero-order chi connectivity index (χ0) is 29.9. The number of alkyl halides is 4. The van der Waals surface area contributed by atoms with Crippen LogP contribution >= 0.6 is 0 Å². The van der Waals surface area contributed by atoms with Gasteiger partial charge in [0.1, 0.15) is 18.5 Å². The Bertz CT molecular complexity index is 1530. The van der Waals surface area contributed by atoms with Crippen LogP contribution in [0.3, 0.4) is 0 Å². The van der Waals surface area contributed by atoms with Gasteiger partial charge in [-0.25, -0.2) is 12.8 Å². The summed E-state index contributed by atoms with van der Waals surface area (Å²) >= 11 is 0. The van der Waals surface area contributed by atoms with E-state index in [9.17, 15) is 21.6 Å². The quantitative estimate of drug-likeness (QED) is 0.197. The highest BCUT2D eigenvalue weighted by molar-refractivity contribution is 7.72. The average Bonchev–Trinajstić information content (AvgIpc) is 3.23. The Balaban J connectivity index is 1.59. The van der Waals surface area contributed by atoms with Crippen LogP contribution < -0.4 is 15.4 Å². The van der Waals surface area contributed by atoms with Crippen LogP contribution in [0.2, 0.25) is 0 Å². The third-order valence-corrected chi connectivity index (χ3v) is 7.79. The van der Waals surface area contributed by atoms with Gasteiger partial charge in [0.2, 0.25) is 0 Å². The Morgan fingerprint density at radius 1 is 1.10 bits per heavy atom. The number of likely N-dealkylation sites (tertiary alicyclic amines) is 1. The largest absolute Gasteiger partial charge is 0.495 e. The van der Waals surface area contributed by atoms with Crippen LogP contribution in [0.15, 0.2) is 47.4 Å². The second-order valence-electron chi connectivity index (χ2n) is 10.9. The van der Waals surface area contributed by atoms with Crippen molar-refractivity contribution < 1.29 is 30.7 Å². The minimum absolute atomic E-state index is 0.0632. The number of hydrogen-bond donors (Lipinski definition) is 3. The molecule has 1 aliphatic rings. The number of halogens is 4. The first-order valence-electron chi connectivity index (χ1n) is 13.2. The molecule has 2 atom stereocenters. The summed E-state index contributed by atoms with van der Waals surface area (Å²) in [5.41, 5.74) is 1.40. The number of nitrogens with zero attached hydrogens (tertiary/aromatic N) is 2. The molecule has 0 saturated carbocycles. The first-order chi connectivity index (χ1) is 19.3. The second-order valence-corrected chi connectivity index (χ2v) is 12.0. The van der Waals surface area contributed by atoms with Crippen LogP contribution in [0.4, 0.5) is 28.9 Å². The van der Waals surface area contributed by atoms with Gasteiger partial charge in [-0.3, -0.25) is 4.90 Å². The number of nitrogens with one attached hydrogen (secondary N) is 2. The number of rotatable bonds is 7. The van der Waals surface area contributed by atoms with E-state index in [0.29, 0.717) is 41.0 Å². The van der Waals surface area contributed by atoms with Crippen LogP contribution in [-0.4, -0.2) is 68.6 Å². The number of ether oxygens (including phenoxy) is 1. The van der Waals surface area contributed by atoms with Gasteiger partial charge in [-0.15, -0.1) is 0 Å². The smallest absolute Gasteiger partial charge is 0.406 e. The van der Waals surface area contributed by atoms with Crippen molar-refractivity contribution in [2.45, 2.75) is 62.6 Å². The number of benzene rings is 2. The minimum atomic E-state index is -4.48. The molecule has 2 heterocycles. The molecule has 0 bridgehead atoms. The molecule has 0 aliphatic carbocycles. The molecule has 1 aromatic heterocycles. The van der Waals surface area contributed by atoms with Crippen molar-refractivity contribution in [2.75, 3.05) is 37.4 Å². The predicted molar refractivity (Wildman–Crippen MR) is 153 cm³/mol. The molecule has 222 valence electrons. The van der Waals surface area contributed by atoms with Gasteiger partial charge in [0.25, 0.3) is 0 Å². The Labute approximate surface area is 238 Å². The maximum Gasteiger partial charge on any atom is 0.406 e. The summed E-state index contributed by atoms with van der Waals surface area (Å²) in [6.07, 6.45) is -5.06. The van der Waals surface area contributed by atoms with Gasteiger partial charge >= 0.3 is 6.18 Å². The fraction of sp³-hybridized carbons (Fsp3) is 0.448. The summed E-state index contributed by atoms with van der Waals surface area (Å²) in [6, 6.07) is 10.4. The highest BCUT2D eigenvalue weighted by Crippen LogP contribution is 2.32. The molecule has 0 unspecified atom stereocenters. The van der Waals surface area contributed by atoms with Gasteiger partial charge in [0.05, 0.1) is 41.5 Å². The summed E-state index contributed by atoms with van der Waals surface area (Å²) in [5.74, 6) is 5.97. The van der Waals surface area contributed by atoms with E-state index in [4.69, 9.17) is 4.74 Å². The maximum atomic E-state index is 15.2. The van der Waals surface area contributed by atoms with Crippen molar-refractivity contribution in [1.29, 1.82) is 0 Å². The molecule has 3 aromatic rings. The molecular weight excluding hydrogens is 560 g/mol. The number of methoxy groups -OCH3 is 1. The van der Waals surface area contributed by atoms with Crippen LogP contribution in [0.1, 0.15) is 32.9 Å². The molecule has 1 aliphatic heterocycles. The zero-order valence-corrected chi connectivity index (χ0v) is 24.2. The third-order valence-electron chi connectivity index (χ3n) is 7.09. The third kappa shape index (κ3) is 7.45. The average molecular weight is 595 g/mol. The highest BCUT2D eigenvalue weighted by Gasteiger charge is 2.34. The van der Waals surface area contributed by atoms with E-state index in [0.717, 1.165) is 4.57 Å². The Kier molecular flexibility index (Phi) is 9.09. The van der Waals surface area contributed by atoms with E-state index in [2.05, 4.69) is 27.4 Å². The van der Waals surface area contributed by atoms with E-state index < -0.39 is 35.6 Å². The number of aromatic nitrogens is 1. The van der Waals surface area contributed by atoms with Crippen molar-refractivity contribution in [3.05, 3.63) is 48.2 Å². The van der Waals surface area contributed by atoms with Gasteiger partial charge in [-0.2, -0.15) is 13.2 Å². The maximum absolute atomic E-state index is 15.2. The number of thiol groups is 1. The number of anilines is 2. The lowest BCUT2D eigenvalue weighted by Gasteiger charge is -2.42. The summed E-state index contributed by atoms with van der Waals surface area (Å²) in [7, 11) is -1.38. The van der Waals surface area contributed by atoms with E-state index in [1.54, 1.807) is 24.3 Å². The van der Waals surface area contributed by atoms with Crippen molar-refractivity contribution in [3.63, 3.8) is 0 Å². The van der Waals surface area contributed by atoms with E-state index in [-0.39, 0.29) is 29.2 Å². The Morgan fingerprint density at radius 3 is 2.49 bits per heavy atom. The van der Waals surface area contributed by atoms with Crippen molar-refractivity contribution in [1.82, 2.24) is 9.47 Å². The molecule has 41 heavy (non-hydrogen) atoms. The molecule has 7 nitrogen and oxygen atoms in total. The molecule has 2 N–H and O–H groups in total. The molecule has 2 aromatic carbocycles. The summed E-state index contributed by atoms with van der Waals surface area (Å²) in [5, 5.41) is 6.78. The van der Waals surface area contributed by atoms with Crippen LogP contribution in [0.25, 0.3) is 10.9 Å². The number of piperidine rings is 1. The minimum Gasteiger partial charge on any atom is -0.495 e. The fourth-order valence-corrected chi connectivity index (χ4v) is 5.37. The highest BCUT2D eigenvalue weighted by atomic mass is 32.2. The SMILES string of the molecule is COc1cc([SH](=O)=O)ccc1NCC#Cc1cc2c(N[C@H]3CCN(C(C)(C)C)C[C@H]3F)cccc2n1CC(F)(F)F. The molecule has 12 heteroatoms. The number of fused-ring (bicyclic) bond motifs is 1. The van der Waals surface area contributed by atoms with Gasteiger partial charge in [0, 0.05) is 35.8 Å². The summed E-state index contributed by atoms with van der Waals surface area (Å²) in [4.78, 5) is 2.18. The molecule has 1 saturated heterocycles. The van der Waals surface area contributed by atoms with Crippen molar-refractivity contribution in [3.8, 4) is 17.6 Å². The number of hydrogen-bond acceptors (Lipinski definition) is 6. The zero-order valence-electron chi connectivity index (χ0n) is 23.3. The van der Waals surface area contributed by atoms with Gasteiger partial charge in [0.15, 0.2) is 10.7 Å². The lowest BCUT2D eigenvalue weighted by molar-refractivity contribution is -0.140. The van der Waals surface area contributed by atoms with E-state index in [1.807, 2.05) is 20.8 Å². The fourth-order valence-electron chi connectivity index (χ4n) is 4.95. The topological polar surface area (TPSA) is 75.6 Å². The standard InChI is InChI=1S/C29H34F4N4O3S/c1-28(2,3)36-14-12-24(22(30)17-36)35-23-8-5-9-26-21(23)15-19(37(26)18-29(31,32)33)7-6-13-34-25-11-10-20(41(38)39)16-27(25)40-4/h5,8-11,15-16,22,24,34-35,41H,12-14,17-18H2,1-4H3/t22-,24+/m1/s1. The van der Waals surface area contributed by atoms with Gasteiger partial charge in [-0.05, 0) is 63.4 Å². The van der Waals surface area contributed by atoms with E-state index in [1.165, 1.54) is 25.3 Å². The van der Waals surface area contributed by atoms with Gasteiger partial charge < -0.3 is 19.9 Å². The Morgan fingerprint density at radius 2 is 1.85 bits per heavy atom. The van der Waals surface area contributed by atoms with Crippen LogP contribution in [0.5, 0.6) is 5.75 Å². The second kappa shape index (κ2) is 12.2.